The van der Waals surface area contributed by atoms with Crippen LogP contribution in [0.1, 0.15) is 6.92 Å². The summed E-state index contributed by atoms with van der Waals surface area (Å²) in [5.41, 5.74) is 0. The zero-order valence-corrected chi connectivity index (χ0v) is 10.6. The molecule has 0 aromatic carbocycles. The molecule has 1 aromatic heterocycles. The molecule has 86 valence electrons. The van der Waals surface area contributed by atoms with Crippen LogP contribution in [0.3, 0.4) is 0 Å². The van der Waals surface area contributed by atoms with Gasteiger partial charge in [-0.25, -0.2) is 8.42 Å². The number of sulfonamides is 1. The van der Waals surface area contributed by atoms with Crippen LogP contribution in [0.25, 0.3) is 0 Å². The molecule has 1 rings (SSSR count). The van der Waals surface area contributed by atoms with Gasteiger partial charge in [0.2, 0.25) is 0 Å². The fraction of sp³-hybridized carbons (Fsp3) is 0.500. The van der Waals surface area contributed by atoms with Gasteiger partial charge in [0.15, 0.2) is 0 Å². The molecule has 4 nitrogen and oxygen atoms in total. The van der Waals surface area contributed by atoms with Gasteiger partial charge in [0.25, 0.3) is 10.0 Å². The largest absolute Gasteiger partial charge is 0.395 e. The Morgan fingerprint density at radius 3 is 2.60 bits per heavy atom. The van der Waals surface area contributed by atoms with Crippen LogP contribution in [0.5, 0.6) is 0 Å². The number of nitrogens with zero attached hydrogens (tertiary/aromatic N) is 1. The number of likely N-dealkylation sites (N-methyl/N-ethyl adjacent to an activating group) is 1. The number of aliphatic hydroxyl groups is 1. The van der Waals surface area contributed by atoms with E-state index >= 15 is 0 Å². The second kappa shape index (κ2) is 5.27. The average molecular weight is 270 g/mol. The normalized spacial score (nSPS) is 12.3. The summed E-state index contributed by atoms with van der Waals surface area (Å²) in [6.07, 6.45) is 0. The van der Waals surface area contributed by atoms with Gasteiger partial charge in [-0.3, -0.25) is 0 Å². The van der Waals surface area contributed by atoms with Gasteiger partial charge in [0.1, 0.15) is 4.21 Å². The molecule has 0 spiro atoms. The van der Waals surface area contributed by atoms with Crippen molar-refractivity contribution < 1.29 is 13.5 Å². The molecule has 0 radical (unpaired) electrons. The molecule has 1 N–H and O–H groups in total. The minimum Gasteiger partial charge on any atom is -0.395 e. The molecule has 0 unspecified atom stereocenters. The van der Waals surface area contributed by atoms with Crippen LogP contribution in [0.2, 0.25) is 4.34 Å². The molecule has 15 heavy (non-hydrogen) atoms. The number of hydrogen-bond donors (Lipinski definition) is 1. The third-order valence-corrected chi connectivity index (χ3v) is 5.52. The van der Waals surface area contributed by atoms with E-state index in [2.05, 4.69) is 0 Å². The van der Waals surface area contributed by atoms with Crippen LogP contribution in [-0.4, -0.2) is 37.5 Å². The van der Waals surface area contributed by atoms with Crippen LogP contribution in [0, 0.1) is 0 Å². The topological polar surface area (TPSA) is 57.6 Å². The van der Waals surface area contributed by atoms with Gasteiger partial charge in [-0.2, -0.15) is 4.31 Å². The van der Waals surface area contributed by atoms with E-state index in [0.717, 1.165) is 11.3 Å². The van der Waals surface area contributed by atoms with E-state index < -0.39 is 10.0 Å². The van der Waals surface area contributed by atoms with Gasteiger partial charge >= 0.3 is 0 Å². The lowest BCUT2D eigenvalue weighted by molar-refractivity contribution is 0.257. The number of rotatable bonds is 5. The first-order valence-electron chi connectivity index (χ1n) is 4.38. The Hall–Kier alpha value is -0.140. The lowest BCUT2D eigenvalue weighted by atomic mass is 10.6. The van der Waals surface area contributed by atoms with E-state index in [9.17, 15) is 8.42 Å². The Balaban J connectivity index is 3.00. The second-order valence-corrected chi connectivity index (χ2v) is 6.66. The maximum atomic E-state index is 11.9. The third kappa shape index (κ3) is 2.92. The van der Waals surface area contributed by atoms with Crippen molar-refractivity contribution in [3.05, 3.63) is 16.5 Å². The Kier molecular flexibility index (Phi) is 4.54. The van der Waals surface area contributed by atoms with E-state index in [4.69, 9.17) is 16.7 Å². The fourth-order valence-corrected chi connectivity index (χ4v) is 4.20. The predicted molar refractivity (Wildman–Crippen MR) is 60.8 cm³/mol. The predicted octanol–water partition coefficient (Wildman–Crippen LogP) is 1.40. The maximum Gasteiger partial charge on any atom is 0.252 e. The van der Waals surface area contributed by atoms with Gasteiger partial charge in [0.05, 0.1) is 10.9 Å². The lowest BCUT2D eigenvalue weighted by Gasteiger charge is -2.17. The number of halogens is 1. The van der Waals surface area contributed by atoms with Crippen molar-refractivity contribution in [1.82, 2.24) is 4.31 Å². The molecule has 0 fully saturated rings. The standard InChI is InChI=1S/C8H12ClNO3S2/c1-2-10(5-6-11)15(12,13)8-4-3-7(9)14-8/h3-4,11H,2,5-6H2,1H3. The summed E-state index contributed by atoms with van der Waals surface area (Å²) in [5, 5.41) is 8.75. The van der Waals surface area contributed by atoms with Crippen LogP contribution in [0.15, 0.2) is 16.3 Å². The molecule has 7 heteroatoms. The Bertz CT molecular complexity index is 415. The van der Waals surface area contributed by atoms with Crippen molar-refractivity contribution >= 4 is 33.0 Å². The van der Waals surface area contributed by atoms with Crippen LogP contribution < -0.4 is 0 Å². The highest BCUT2D eigenvalue weighted by molar-refractivity contribution is 7.91. The van der Waals surface area contributed by atoms with Gasteiger partial charge in [-0.05, 0) is 12.1 Å². The third-order valence-electron chi connectivity index (χ3n) is 1.84. The van der Waals surface area contributed by atoms with Crippen molar-refractivity contribution in [3.63, 3.8) is 0 Å². The highest BCUT2D eigenvalue weighted by Crippen LogP contribution is 2.27. The molecule has 0 aliphatic rings. The molecule has 0 aliphatic carbocycles. The maximum absolute atomic E-state index is 11.9. The van der Waals surface area contributed by atoms with Gasteiger partial charge < -0.3 is 5.11 Å². The van der Waals surface area contributed by atoms with Gasteiger partial charge in [0, 0.05) is 13.1 Å². The molecule has 0 atom stereocenters. The number of thiophene rings is 1. The van der Waals surface area contributed by atoms with E-state index in [1.807, 2.05) is 0 Å². The van der Waals surface area contributed by atoms with Gasteiger partial charge in [-0.15, -0.1) is 11.3 Å². The molecule has 0 bridgehead atoms. The summed E-state index contributed by atoms with van der Waals surface area (Å²) in [4.78, 5) is 0. The molecule has 0 saturated heterocycles. The zero-order valence-electron chi connectivity index (χ0n) is 8.18. The molecular formula is C8H12ClNO3S2. The van der Waals surface area contributed by atoms with Crippen LogP contribution in [0.4, 0.5) is 0 Å². The Morgan fingerprint density at radius 2 is 2.20 bits per heavy atom. The van der Waals surface area contributed by atoms with Crippen LogP contribution in [-0.2, 0) is 10.0 Å². The quantitative estimate of drug-likeness (QED) is 0.879. The SMILES string of the molecule is CCN(CCO)S(=O)(=O)c1ccc(Cl)s1. The summed E-state index contributed by atoms with van der Waals surface area (Å²) >= 11 is 6.70. The molecule has 0 saturated carbocycles. The van der Waals surface area contributed by atoms with E-state index in [0.29, 0.717) is 10.9 Å². The highest BCUT2D eigenvalue weighted by Gasteiger charge is 2.23. The molecule has 0 amide bonds. The molecule has 1 aromatic rings. The summed E-state index contributed by atoms with van der Waals surface area (Å²) < 4.78 is 25.7. The van der Waals surface area contributed by atoms with Crippen LogP contribution >= 0.6 is 22.9 Å². The lowest BCUT2D eigenvalue weighted by Crippen LogP contribution is -2.32. The Labute approximate surface area is 98.1 Å². The number of aliphatic hydroxyl groups excluding tert-OH is 1. The summed E-state index contributed by atoms with van der Waals surface area (Å²) in [6.45, 7) is 1.97. The molecular weight excluding hydrogens is 258 g/mol. The summed E-state index contributed by atoms with van der Waals surface area (Å²) in [7, 11) is -3.49. The first-order valence-corrected chi connectivity index (χ1v) is 7.02. The minimum atomic E-state index is -3.49. The highest BCUT2D eigenvalue weighted by atomic mass is 35.5. The van der Waals surface area contributed by atoms with Gasteiger partial charge in [-0.1, -0.05) is 18.5 Å². The second-order valence-electron chi connectivity index (χ2n) is 2.78. The first kappa shape index (κ1) is 12.9. The average Bonchev–Trinajstić information content (AvgIpc) is 2.61. The first-order chi connectivity index (χ1) is 7.02. The van der Waals surface area contributed by atoms with Crippen molar-refractivity contribution in [3.8, 4) is 0 Å². The number of hydrogen-bond acceptors (Lipinski definition) is 4. The smallest absolute Gasteiger partial charge is 0.252 e. The van der Waals surface area contributed by atoms with E-state index in [-0.39, 0.29) is 17.4 Å². The summed E-state index contributed by atoms with van der Waals surface area (Å²) in [5.74, 6) is 0. The molecule has 1 heterocycles. The van der Waals surface area contributed by atoms with Crippen molar-refractivity contribution in [2.24, 2.45) is 0 Å². The zero-order chi connectivity index (χ0) is 11.5. The summed E-state index contributed by atoms with van der Waals surface area (Å²) in [6, 6.07) is 3.02. The van der Waals surface area contributed by atoms with Crippen molar-refractivity contribution in [1.29, 1.82) is 0 Å². The fourth-order valence-electron chi connectivity index (χ4n) is 1.12. The van der Waals surface area contributed by atoms with Crippen molar-refractivity contribution in [2.75, 3.05) is 19.7 Å². The van der Waals surface area contributed by atoms with Crippen molar-refractivity contribution in [2.45, 2.75) is 11.1 Å². The van der Waals surface area contributed by atoms with E-state index in [1.165, 1.54) is 10.4 Å². The molecule has 0 aliphatic heterocycles. The monoisotopic (exact) mass is 269 g/mol. The minimum absolute atomic E-state index is 0.106. The Morgan fingerprint density at radius 1 is 1.53 bits per heavy atom. The van der Waals surface area contributed by atoms with E-state index in [1.54, 1.807) is 13.0 Å².